The highest BCUT2D eigenvalue weighted by Gasteiger charge is 2.07. The van der Waals surface area contributed by atoms with E-state index in [9.17, 15) is 0 Å². The van der Waals surface area contributed by atoms with Gasteiger partial charge in [-0.25, -0.2) is 0 Å². The molecule has 0 amide bonds. The average Bonchev–Trinajstić information content (AvgIpc) is 2.41. The Morgan fingerprint density at radius 3 is 1.89 bits per heavy atom. The van der Waals surface area contributed by atoms with Crippen molar-refractivity contribution in [2.24, 2.45) is 0 Å². The summed E-state index contributed by atoms with van der Waals surface area (Å²) in [5.74, 6) is 0. The summed E-state index contributed by atoms with van der Waals surface area (Å²) < 4.78 is 0. The van der Waals surface area contributed by atoms with Crippen molar-refractivity contribution in [3.8, 4) is 11.1 Å². The lowest BCUT2D eigenvalue weighted by atomic mass is 9.92. The predicted molar refractivity (Wildman–Crippen MR) is 82.1 cm³/mol. The van der Waals surface area contributed by atoms with Crippen molar-refractivity contribution in [1.82, 2.24) is 0 Å². The molecule has 18 heavy (non-hydrogen) atoms. The summed E-state index contributed by atoms with van der Waals surface area (Å²) in [5.41, 5.74) is 6.96. The van der Waals surface area contributed by atoms with Crippen molar-refractivity contribution < 1.29 is 0 Å². The van der Waals surface area contributed by atoms with Crippen molar-refractivity contribution in [2.45, 2.75) is 41.0 Å². The summed E-state index contributed by atoms with van der Waals surface area (Å²) in [7, 11) is 0. The Hall–Kier alpha value is -1.56. The zero-order valence-corrected chi connectivity index (χ0v) is 12.2. The molecule has 0 aliphatic heterocycles. The van der Waals surface area contributed by atoms with Crippen LogP contribution in [0.4, 0.5) is 0 Å². The molecule has 0 spiro atoms. The van der Waals surface area contributed by atoms with Crippen molar-refractivity contribution in [2.75, 3.05) is 0 Å². The highest BCUT2D eigenvalue weighted by atomic mass is 14.1. The zero-order valence-electron chi connectivity index (χ0n) is 12.2. The van der Waals surface area contributed by atoms with Gasteiger partial charge in [0.25, 0.3) is 0 Å². The van der Waals surface area contributed by atoms with Crippen LogP contribution in [0.15, 0.2) is 42.5 Å². The Bertz CT molecular complexity index is 495. The van der Waals surface area contributed by atoms with Gasteiger partial charge in [0.05, 0.1) is 0 Å². The Labute approximate surface area is 112 Å². The topological polar surface area (TPSA) is 0 Å². The molecular weight excluding hydrogens is 216 g/mol. The van der Waals surface area contributed by atoms with Gasteiger partial charge in [-0.05, 0) is 48.1 Å². The minimum absolute atomic E-state index is 1.09. The maximum absolute atomic E-state index is 2.23. The fourth-order valence-electron chi connectivity index (χ4n) is 2.30. The molecule has 0 saturated heterocycles. The van der Waals surface area contributed by atoms with Crippen LogP contribution in [0.2, 0.25) is 0 Å². The van der Waals surface area contributed by atoms with Gasteiger partial charge in [0.1, 0.15) is 0 Å². The van der Waals surface area contributed by atoms with E-state index in [4.69, 9.17) is 0 Å². The van der Waals surface area contributed by atoms with Gasteiger partial charge in [0.15, 0.2) is 0 Å². The lowest BCUT2D eigenvalue weighted by Crippen LogP contribution is -1.93. The van der Waals surface area contributed by atoms with Gasteiger partial charge in [0.2, 0.25) is 0 Å². The molecule has 0 unspecified atom stereocenters. The lowest BCUT2D eigenvalue weighted by molar-refractivity contribution is 1.11. The Kier molecular flexibility index (Phi) is 5.64. The molecule has 96 valence electrons. The first kappa shape index (κ1) is 14.5. The van der Waals surface area contributed by atoms with Crippen LogP contribution in [0.5, 0.6) is 0 Å². The number of rotatable bonds is 2. The van der Waals surface area contributed by atoms with Gasteiger partial charge in [-0.2, -0.15) is 0 Å². The van der Waals surface area contributed by atoms with Gasteiger partial charge in [-0.1, -0.05) is 63.2 Å². The third kappa shape index (κ3) is 3.01. The van der Waals surface area contributed by atoms with Crippen LogP contribution in [0, 0.1) is 13.8 Å². The zero-order chi connectivity index (χ0) is 13.5. The van der Waals surface area contributed by atoms with Crippen LogP contribution in [-0.4, -0.2) is 0 Å². The minimum atomic E-state index is 1.09. The van der Waals surface area contributed by atoms with Gasteiger partial charge in [-0.15, -0.1) is 0 Å². The summed E-state index contributed by atoms with van der Waals surface area (Å²) in [6.07, 6.45) is 1.09. The molecule has 0 bridgehead atoms. The minimum Gasteiger partial charge on any atom is -0.0683 e. The number of benzene rings is 2. The summed E-state index contributed by atoms with van der Waals surface area (Å²) in [6.45, 7) is 10.6. The molecule has 0 N–H and O–H groups in total. The first-order valence-corrected chi connectivity index (χ1v) is 6.88. The molecule has 0 aliphatic rings. The first-order valence-electron chi connectivity index (χ1n) is 6.88. The standard InChI is InChI=1S/C16H18.C2H6/c1-4-14-12(2)9-7-11-16(14)15-10-6-5-8-13(15)3;1-2/h5-11H,4H2,1-3H3;1-2H3. The Balaban J connectivity index is 0.000000771. The fraction of sp³-hybridized carbons (Fsp3) is 0.333. The maximum atomic E-state index is 2.23. The van der Waals surface area contributed by atoms with E-state index in [1.165, 1.54) is 27.8 Å². The molecule has 0 radical (unpaired) electrons. The van der Waals surface area contributed by atoms with Crippen molar-refractivity contribution in [1.29, 1.82) is 0 Å². The fourth-order valence-corrected chi connectivity index (χ4v) is 2.30. The molecule has 0 aliphatic carbocycles. The van der Waals surface area contributed by atoms with Crippen LogP contribution >= 0.6 is 0 Å². The molecule has 0 nitrogen and oxygen atoms in total. The Morgan fingerprint density at radius 1 is 0.722 bits per heavy atom. The molecule has 0 aromatic heterocycles. The van der Waals surface area contributed by atoms with E-state index in [0.29, 0.717) is 0 Å². The summed E-state index contributed by atoms with van der Waals surface area (Å²) in [6, 6.07) is 15.2. The van der Waals surface area contributed by atoms with Crippen LogP contribution in [0.1, 0.15) is 37.5 Å². The molecule has 0 fully saturated rings. The summed E-state index contributed by atoms with van der Waals surface area (Å²) in [4.78, 5) is 0. The molecule has 0 atom stereocenters. The number of hydrogen-bond acceptors (Lipinski definition) is 0. The second kappa shape index (κ2) is 7.00. The van der Waals surface area contributed by atoms with E-state index < -0.39 is 0 Å². The molecule has 0 saturated carbocycles. The van der Waals surface area contributed by atoms with Crippen LogP contribution in [0.3, 0.4) is 0 Å². The largest absolute Gasteiger partial charge is 0.0683 e. The SMILES string of the molecule is CC.CCc1c(C)cccc1-c1ccccc1C. The number of aryl methyl sites for hydroxylation is 2. The van der Waals surface area contributed by atoms with Crippen molar-refractivity contribution in [3.63, 3.8) is 0 Å². The van der Waals surface area contributed by atoms with Gasteiger partial charge >= 0.3 is 0 Å². The monoisotopic (exact) mass is 240 g/mol. The van der Waals surface area contributed by atoms with Gasteiger partial charge < -0.3 is 0 Å². The third-order valence-electron chi connectivity index (χ3n) is 3.20. The van der Waals surface area contributed by atoms with Gasteiger partial charge in [0, 0.05) is 0 Å². The highest BCUT2D eigenvalue weighted by molar-refractivity contribution is 5.71. The molecule has 2 aromatic rings. The van der Waals surface area contributed by atoms with E-state index in [0.717, 1.165) is 6.42 Å². The van der Waals surface area contributed by atoms with Gasteiger partial charge in [-0.3, -0.25) is 0 Å². The smallest absolute Gasteiger partial charge is 0.0147 e. The van der Waals surface area contributed by atoms with Crippen LogP contribution in [-0.2, 0) is 6.42 Å². The average molecular weight is 240 g/mol. The van der Waals surface area contributed by atoms with Crippen LogP contribution < -0.4 is 0 Å². The lowest BCUT2D eigenvalue weighted by Gasteiger charge is -2.13. The first-order chi connectivity index (χ1) is 8.74. The summed E-state index contributed by atoms with van der Waals surface area (Å²) in [5, 5.41) is 0. The molecule has 2 aromatic carbocycles. The molecular formula is C18H24. The highest BCUT2D eigenvalue weighted by Crippen LogP contribution is 2.28. The van der Waals surface area contributed by atoms with Crippen molar-refractivity contribution in [3.05, 3.63) is 59.2 Å². The second-order valence-corrected chi connectivity index (χ2v) is 4.27. The van der Waals surface area contributed by atoms with E-state index in [2.05, 4.69) is 63.2 Å². The maximum Gasteiger partial charge on any atom is -0.0147 e. The quantitative estimate of drug-likeness (QED) is 0.644. The van der Waals surface area contributed by atoms with E-state index >= 15 is 0 Å². The third-order valence-corrected chi connectivity index (χ3v) is 3.20. The summed E-state index contributed by atoms with van der Waals surface area (Å²) >= 11 is 0. The Morgan fingerprint density at radius 2 is 1.28 bits per heavy atom. The molecule has 0 heterocycles. The van der Waals surface area contributed by atoms with Crippen LogP contribution in [0.25, 0.3) is 11.1 Å². The second-order valence-electron chi connectivity index (χ2n) is 4.27. The van der Waals surface area contributed by atoms with E-state index in [1.807, 2.05) is 13.8 Å². The molecule has 0 heteroatoms. The molecule has 2 rings (SSSR count). The van der Waals surface area contributed by atoms with E-state index in [1.54, 1.807) is 0 Å². The normalized spacial score (nSPS) is 9.61. The van der Waals surface area contributed by atoms with E-state index in [-0.39, 0.29) is 0 Å². The number of hydrogen-bond donors (Lipinski definition) is 0. The predicted octanol–water partition coefficient (Wildman–Crippen LogP) is 5.56. The van der Waals surface area contributed by atoms with Crippen molar-refractivity contribution >= 4 is 0 Å².